The van der Waals surface area contributed by atoms with E-state index in [1.165, 1.54) is 12.8 Å². The molecule has 1 aliphatic carbocycles. The molecular weight excluding hydrogens is 326 g/mol. The van der Waals surface area contributed by atoms with E-state index in [9.17, 15) is 4.79 Å². The quantitative estimate of drug-likeness (QED) is 0.793. The zero-order valence-electron chi connectivity index (χ0n) is 11.3. The minimum absolute atomic E-state index is 0.248. The number of methoxy groups -OCH3 is 1. The van der Waals surface area contributed by atoms with Crippen molar-refractivity contribution in [2.24, 2.45) is 11.7 Å². The first-order valence-electron chi connectivity index (χ1n) is 6.49. The summed E-state index contributed by atoms with van der Waals surface area (Å²) in [7, 11) is 1.58. The van der Waals surface area contributed by atoms with Crippen LogP contribution in [0, 0.1) is 5.92 Å². The standard InChI is InChI=1S/C14H18BrNO4/c1-19-13-10(15)4-9(5-11(16)14(17)18)6-12(13)20-7-8-2-3-8/h4,6,8,11H,2-3,5,7,16H2,1H3,(H,17,18). The van der Waals surface area contributed by atoms with E-state index in [1.807, 2.05) is 6.07 Å². The van der Waals surface area contributed by atoms with Gasteiger partial charge in [-0.2, -0.15) is 0 Å². The van der Waals surface area contributed by atoms with Gasteiger partial charge in [0.25, 0.3) is 0 Å². The largest absolute Gasteiger partial charge is 0.492 e. The van der Waals surface area contributed by atoms with Gasteiger partial charge in [-0.25, -0.2) is 0 Å². The van der Waals surface area contributed by atoms with Crippen molar-refractivity contribution >= 4 is 21.9 Å². The first kappa shape index (κ1) is 15.1. The molecule has 1 aromatic carbocycles. The molecule has 0 aromatic heterocycles. The summed E-state index contributed by atoms with van der Waals surface area (Å²) in [4.78, 5) is 10.8. The van der Waals surface area contributed by atoms with Crippen molar-refractivity contribution < 1.29 is 19.4 Å². The average molecular weight is 344 g/mol. The molecule has 6 heteroatoms. The Kier molecular flexibility index (Phi) is 4.88. The highest BCUT2D eigenvalue weighted by atomic mass is 79.9. The molecule has 0 aliphatic heterocycles. The maximum absolute atomic E-state index is 10.8. The highest BCUT2D eigenvalue weighted by molar-refractivity contribution is 9.10. The Hall–Kier alpha value is -1.27. The summed E-state index contributed by atoms with van der Waals surface area (Å²) >= 11 is 3.41. The smallest absolute Gasteiger partial charge is 0.320 e. The molecule has 1 atom stereocenters. The Morgan fingerprint density at radius 2 is 2.25 bits per heavy atom. The van der Waals surface area contributed by atoms with Gasteiger partial charge in [0.15, 0.2) is 11.5 Å². The molecule has 0 saturated heterocycles. The number of carboxylic acids is 1. The van der Waals surface area contributed by atoms with Crippen LogP contribution in [0.3, 0.4) is 0 Å². The lowest BCUT2D eigenvalue weighted by molar-refractivity contribution is -0.138. The number of carboxylic acid groups (broad SMARTS) is 1. The third-order valence-corrected chi connectivity index (χ3v) is 3.81. The lowest BCUT2D eigenvalue weighted by Gasteiger charge is -2.15. The molecular formula is C14H18BrNO4. The second-order valence-electron chi connectivity index (χ2n) is 5.01. The summed E-state index contributed by atoms with van der Waals surface area (Å²) in [6, 6.07) is 2.69. The molecule has 1 unspecified atom stereocenters. The Morgan fingerprint density at radius 3 is 2.80 bits per heavy atom. The van der Waals surface area contributed by atoms with E-state index in [2.05, 4.69) is 15.9 Å². The Bertz CT molecular complexity index is 502. The van der Waals surface area contributed by atoms with Crippen molar-refractivity contribution in [1.82, 2.24) is 0 Å². The van der Waals surface area contributed by atoms with E-state index < -0.39 is 12.0 Å². The molecule has 5 nitrogen and oxygen atoms in total. The summed E-state index contributed by atoms with van der Waals surface area (Å²) in [6.07, 6.45) is 2.65. The normalized spacial score (nSPS) is 15.8. The molecule has 0 spiro atoms. The summed E-state index contributed by atoms with van der Waals surface area (Å²) < 4.78 is 11.8. The van der Waals surface area contributed by atoms with E-state index in [-0.39, 0.29) is 6.42 Å². The molecule has 1 fully saturated rings. The third-order valence-electron chi connectivity index (χ3n) is 3.22. The fourth-order valence-electron chi connectivity index (χ4n) is 1.88. The molecule has 0 amide bonds. The van der Waals surface area contributed by atoms with Crippen LogP contribution < -0.4 is 15.2 Å². The molecule has 0 heterocycles. The van der Waals surface area contributed by atoms with Gasteiger partial charge in [-0.3, -0.25) is 4.79 Å². The van der Waals surface area contributed by atoms with Gasteiger partial charge in [-0.15, -0.1) is 0 Å². The van der Waals surface area contributed by atoms with Crippen molar-refractivity contribution in [3.63, 3.8) is 0 Å². The number of hydrogen-bond donors (Lipinski definition) is 2. The number of nitrogens with two attached hydrogens (primary N) is 1. The number of rotatable bonds is 7. The van der Waals surface area contributed by atoms with E-state index in [4.69, 9.17) is 20.3 Å². The second kappa shape index (κ2) is 6.45. The highest BCUT2D eigenvalue weighted by Crippen LogP contribution is 2.38. The highest BCUT2D eigenvalue weighted by Gasteiger charge is 2.23. The van der Waals surface area contributed by atoms with Gasteiger partial charge in [0.05, 0.1) is 18.2 Å². The maximum atomic E-state index is 10.8. The SMILES string of the molecule is COc1c(Br)cc(CC(N)C(=O)O)cc1OCC1CC1. The first-order valence-corrected chi connectivity index (χ1v) is 7.28. The van der Waals surface area contributed by atoms with E-state index in [1.54, 1.807) is 13.2 Å². The van der Waals surface area contributed by atoms with Gasteiger partial charge in [-0.05, 0) is 58.8 Å². The molecule has 110 valence electrons. The minimum Gasteiger partial charge on any atom is -0.492 e. The predicted molar refractivity (Wildman–Crippen MR) is 78.2 cm³/mol. The van der Waals surface area contributed by atoms with Gasteiger partial charge in [0.1, 0.15) is 6.04 Å². The van der Waals surface area contributed by atoms with Crippen LogP contribution in [0.5, 0.6) is 11.5 Å². The summed E-state index contributed by atoms with van der Waals surface area (Å²) in [6.45, 7) is 0.664. The minimum atomic E-state index is -1.02. The molecule has 0 radical (unpaired) electrons. The van der Waals surface area contributed by atoms with Gasteiger partial charge < -0.3 is 20.3 Å². The molecule has 1 saturated carbocycles. The summed E-state index contributed by atoms with van der Waals surface area (Å²) in [5.41, 5.74) is 6.37. The second-order valence-corrected chi connectivity index (χ2v) is 5.87. The van der Waals surface area contributed by atoms with Crippen molar-refractivity contribution in [1.29, 1.82) is 0 Å². The predicted octanol–water partition coefficient (Wildman–Crippen LogP) is 2.20. The van der Waals surface area contributed by atoms with Gasteiger partial charge >= 0.3 is 5.97 Å². The zero-order chi connectivity index (χ0) is 14.7. The van der Waals surface area contributed by atoms with Crippen molar-refractivity contribution in [2.75, 3.05) is 13.7 Å². The monoisotopic (exact) mass is 343 g/mol. The van der Waals surface area contributed by atoms with E-state index in [0.717, 1.165) is 10.0 Å². The lowest BCUT2D eigenvalue weighted by Crippen LogP contribution is -2.32. The fourth-order valence-corrected chi connectivity index (χ4v) is 2.53. The van der Waals surface area contributed by atoms with Crippen LogP contribution in [0.15, 0.2) is 16.6 Å². The number of ether oxygens (including phenoxy) is 2. The maximum Gasteiger partial charge on any atom is 0.320 e. The van der Waals surface area contributed by atoms with Gasteiger partial charge in [0.2, 0.25) is 0 Å². The molecule has 1 aliphatic rings. The first-order chi connectivity index (χ1) is 9.51. The Morgan fingerprint density at radius 1 is 1.55 bits per heavy atom. The average Bonchev–Trinajstić information content (AvgIpc) is 3.19. The Labute approximate surface area is 126 Å². The van der Waals surface area contributed by atoms with E-state index in [0.29, 0.717) is 24.0 Å². The number of benzene rings is 1. The zero-order valence-corrected chi connectivity index (χ0v) is 12.9. The topological polar surface area (TPSA) is 81.8 Å². The van der Waals surface area contributed by atoms with Crippen LogP contribution in [0.2, 0.25) is 0 Å². The van der Waals surface area contributed by atoms with Gasteiger partial charge in [-0.1, -0.05) is 0 Å². The van der Waals surface area contributed by atoms with Gasteiger partial charge in [0, 0.05) is 0 Å². The van der Waals surface area contributed by atoms with Crippen LogP contribution in [-0.2, 0) is 11.2 Å². The van der Waals surface area contributed by atoms with Crippen LogP contribution in [0.4, 0.5) is 0 Å². The number of aliphatic carboxylic acids is 1. The van der Waals surface area contributed by atoms with Crippen molar-refractivity contribution in [2.45, 2.75) is 25.3 Å². The number of carbonyl (C=O) groups is 1. The Balaban J connectivity index is 2.17. The lowest BCUT2D eigenvalue weighted by atomic mass is 10.1. The number of hydrogen-bond acceptors (Lipinski definition) is 4. The van der Waals surface area contributed by atoms with Crippen LogP contribution in [-0.4, -0.2) is 30.8 Å². The molecule has 0 bridgehead atoms. The molecule has 3 N–H and O–H groups in total. The van der Waals surface area contributed by atoms with Crippen LogP contribution in [0.1, 0.15) is 18.4 Å². The summed E-state index contributed by atoms with van der Waals surface area (Å²) in [5, 5.41) is 8.87. The molecule has 2 rings (SSSR count). The fraction of sp³-hybridized carbons (Fsp3) is 0.500. The molecule has 20 heavy (non-hydrogen) atoms. The van der Waals surface area contributed by atoms with Crippen LogP contribution >= 0.6 is 15.9 Å². The van der Waals surface area contributed by atoms with E-state index >= 15 is 0 Å². The summed E-state index contributed by atoms with van der Waals surface area (Å²) in [5.74, 6) is 0.862. The number of halogens is 1. The van der Waals surface area contributed by atoms with Crippen molar-refractivity contribution in [3.8, 4) is 11.5 Å². The third kappa shape index (κ3) is 3.86. The van der Waals surface area contributed by atoms with Crippen molar-refractivity contribution in [3.05, 3.63) is 22.2 Å². The van der Waals surface area contributed by atoms with Crippen LogP contribution in [0.25, 0.3) is 0 Å². The molecule has 1 aromatic rings.